The van der Waals surface area contributed by atoms with Crippen LogP contribution >= 0.6 is 11.5 Å². The summed E-state index contributed by atoms with van der Waals surface area (Å²) in [6, 6.07) is 12.2. The highest BCUT2D eigenvalue weighted by atomic mass is 32.1. The van der Waals surface area contributed by atoms with Gasteiger partial charge in [-0.25, -0.2) is 4.98 Å². The number of aromatic nitrogens is 2. The monoisotopic (exact) mass is 344 g/mol. The molecule has 6 heteroatoms. The van der Waals surface area contributed by atoms with Crippen LogP contribution in [0.15, 0.2) is 30.3 Å². The number of anilines is 1. The average Bonchev–Trinajstić information content (AvgIpc) is 3.14. The maximum Gasteiger partial charge on any atom is 0.205 e. The second kappa shape index (κ2) is 7.17. The zero-order valence-corrected chi connectivity index (χ0v) is 14.9. The van der Waals surface area contributed by atoms with Gasteiger partial charge in [-0.1, -0.05) is 30.3 Å². The van der Waals surface area contributed by atoms with Crippen molar-refractivity contribution in [1.82, 2.24) is 14.3 Å². The Kier molecular flexibility index (Phi) is 4.78. The summed E-state index contributed by atoms with van der Waals surface area (Å²) < 4.78 is 9.55. The van der Waals surface area contributed by atoms with Gasteiger partial charge in [-0.3, -0.25) is 4.90 Å². The highest BCUT2D eigenvalue weighted by Gasteiger charge is 2.37. The standard InChI is InChI=1S/C18H24N4OS/c1-23-13-17-19-18(24-20-17)21-10-9-15-7-8-16(12-21)22(15)11-14-5-3-2-4-6-14/h2-6,15-16H,7-13H2,1H3. The summed E-state index contributed by atoms with van der Waals surface area (Å²) in [6.45, 7) is 3.70. The van der Waals surface area contributed by atoms with Gasteiger partial charge in [0.25, 0.3) is 0 Å². The first-order valence-electron chi connectivity index (χ1n) is 8.69. The molecule has 2 aliphatic heterocycles. The van der Waals surface area contributed by atoms with Crippen LogP contribution in [0.1, 0.15) is 30.7 Å². The average molecular weight is 344 g/mol. The van der Waals surface area contributed by atoms with Crippen molar-refractivity contribution in [3.05, 3.63) is 41.7 Å². The lowest BCUT2D eigenvalue weighted by atomic mass is 10.1. The second-order valence-electron chi connectivity index (χ2n) is 6.70. The summed E-state index contributed by atoms with van der Waals surface area (Å²) in [4.78, 5) is 9.79. The van der Waals surface area contributed by atoms with E-state index in [9.17, 15) is 0 Å². The Morgan fingerprint density at radius 3 is 2.83 bits per heavy atom. The zero-order valence-electron chi connectivity index (χ0n) is 14.1. The van der Waals surface area contributed by atoms with E-state index in [1.807, 2.05) is 0 Å². The van der Waals surface area contributed by atoms with Crippen molar-refractivity contribution in [2.24, 2.45) is 0 Å². The number of hydrogen-bond donors (Lipinski definition) is 0. The number of fused-ring (bicyclic) bond motifs is 2. The fraction of sp³-hybridized carbons (Fsp3) is 0.556. The molecule has 0 amide bonds. The third-order valence-corrected chi connectivity index (χ3v) is 5.96. The van der Waals surface area contributed by atoms with Gasteiger partial charge in [0.2, 0.25) is 5.13 Å². The summed E-state index contributed by atoms with van der Waals surface area (Å²) >= 11 is 1.50. The lowest BCUT2D eigenvalue weighted by molar-refractivity contribution is 0.179. The van der Waals surface area contributed by atoms with Crippen molar-refractivity contribution in [3.63, 3.8) is 0 Å². The smallest absolute Gasteiger partial charge is 0.205 e. The van der Waals surface area contributed by atoms with Gasteiger partial charge < -0.3 is 9.64 Å². The molecule has 1 aromatic heterocycles. The molecular formula is C18H24N4OS. The van der Waals surface area contributed by atoms with Crippen molar-refractivity contribution in [2.75, 3.05) is 25.1 Å². The molecule has 0 N–H and O–H groups in total. The molecule has 1 aromatic carbocycles. The van der Waals surface area contributed by atoms with Crippen molar-refractivity contribution in [1.29, 1.82) is 0 Å². The van der Waals surface area contributed by atoms with Crippen LogP contribution in [-0.4, -0.2) is 46.5 Å². The Hall–Kier alpha value is -1.50. The van der Waals surface area contributed by atoms with Crippen molar-refractivity contribution >= 4 is 16.7 Å². The van der Waals surface area contributed by atoms with Gasteiger partial charge in [-0.05, 0) is 24.8 Å². The van der Waals surface area contributed by atoms with Crippen molar-refractivity contribution in [3.8, 4) is 0 Å². The van der Waals surface area contributed by atoms with Crippen LogP contribution in [0.2, 0.25) is 0 Å². The molecule has 2 saturated heterocycles. The number of methoxy groups -OCH3 is 1. The number of ether oxygens (including phenoxy) is 1. The molecule has 2 aromatic rings. The first-order valence-corrected chi connectivity index (χ1v) is 9.47. The predicted octanol–water partition coefficient (Wildman–Crippen LogP) is 2.93. The quantitative estimate of drug-likeness (QED) is 0.834. The van der Waals surface area contributed by atoms with Gasteiger partial charge in [0.1, 0.15) is 6.61 Å². The Morgan fingerprint density at radius 2 is 2.00 bits per heavy atom. The van der Waals surface area contributed by atoms with E-state index in [2.05, 4.69) is 49.5 Å². The first kappa shape index (κ1) is 16.0. The normalized spacial score (nSPS) is 24.3. The summed E-state index contributed by atoms with van der Waals surface area (Å²) in [5, 5.41) is 1.05. The van der Waals surface area contributed by atoms with Gasteiger partial charge in [-0.15, -0.1) is 0 Å². The van der Waals surface area contributed by atoms with Gasteiger partial charge in [-0.2, -0.15) is 4.37 Å². The third kappa shape index (κ3) is 3.31. The fourth-order valence-corrected chi connectivity index (χ4v) is 4.67. The van der Waals surface area contributed by atoms with E-state index in [4.69, 9.17) is 4.74 Å². The molecule has 2 atom stereocenters. The molecule has 2 bridgehead atoms. The summed E-state index contributed by atoms with van der Waals surface area (Å²) in [6.07, 6.45) is 3.83. The molecule has 5 nitrogen and oxygen atoms in total. The number of rotatable bonds is 5. The molecule has 0 spiro atoms. The van der Waals surface area contributed by atoms with E-state index in [1.54, 1.807) is 7.11 Å². The van der Waals surface area contributed by atoms with E-state index >= 15 is 0 Å². The van der Waals surface area contributed by atoms with E-state index in [0.717, 1.165) is 30.6 Å². The molecule has 0 saturated carbocycles. The van der Waals surface area contributed by atoms with Crippen LogP contribution in [0.25, 0.3) is 0 Å². The minimum absolute atomic E-state index is 0.497. The summed E-state index contributed by atoms with van der Waals surface area (Å²) in [5.41, 5.74) is 1.42. The van der Waals surface area contributed by atoms with Crippen LogP contribution in [0.3, 0.4) is 0 Å². The SMILES string of the molecule is COCc1nsc(N2CCC3CCC(C2)N3Cc2ccccc2)n1. The maximum absolute atomic E-state index is 5.14. The Labute approximate surface area is 147 Å². The summed E-state index contributed by atoms with van der Waals surface area (Å²) in [7, 11) is 1.69. The number of nitrogens with zero attached hydrogens (tertiary/aromatic N) is 4. The highest BCUT2D eigenvalue weighted by Crippen LogP contribution is 2.33. The zero-order chi connectivity index (χ0) is 16.4. The Balaban J connectivity index is 1.47. The van der Waals surface area contributed by atoms with Gasteiger partial charge in [0.05, 0.1) is 0 Å². The van der Waals surface area contributed by atoms with E-state index < -0.39 is 0 Å². The molecule has 4 rings (SSSR count). The largest absolute Gasteiger partial charge is 0.377 e. The summed E-state index contributed by atoms with van der Waals surface area (Å²) in [5.74, 6) is 0.799. The Morgan fingerprint density at radius 1 is 1.17 bits per heavy atom. The van der Waals surface area contributed by atoms with Crippen molar-refractivity contribution in [2.45, 2.75) is 44.5 Å². The molecule has 2 fully saturated rings. The van der Waals surface area contributed by atoms with Gasteiger partial charge >= 0.3 is 0 Å². The Bertz CT molecular complexity index is 662. The van der Waals surface area contributed by atoms with Crippen LogP contribution in [0.4, 0.5) is 5.13 Å². The minimum atomic E-state index is 0.497. The van der Waals surface area contributed by atoms with Gasteiger partial charge in [0.15, 0.2) is 5.82 Å². The molecule has 0 radical (unpaired) electrons. The van der Waals surface area contributed by atoms with Crippen LogP contribution < -0.4 is 4.90 Å². The highest BCUT2D eigenvalue weighted by molar-refractivity contribution is 7.09. The minimum Gasteiger partial charge on any atom is -0.377 e. The van der Waals surface area contributed by atoms with Gasteiger partial charge in [0, 0.05) is 50.4 Å². The lowest BCUT2D eigenvalue weighted by Gasteiger charge is -2.28. The topological polar surface area (TPSA) is 41.5 Å². The van der Waals surface area contributed by atoms with Crippen LogP contribution in [0.5, 0.6) is 0 Å². The van der Waals surface area contributed by atoms with Crippen molar-refractivity contribution < 1.29 is 4.74 Å². The fourth-order valence-electron chi connectivity index (χ4n) is 3.96. The second-order valence-corrected chi connectivity index (χ2v) is 7.43. The molecular weight excluding hydrogens is 320 g/mol. The number of hydrogen-bond acceptors (Lipinski definition) is 6. The van der Waals surface area contributed by atoms with Crippen LogP contribution in [-0.2, 0) is 17.9 Å². The van der Waals surface area contributed by atoms with E-state index in [-0.39, 0.29) is 0 Å². The maximum atomic E-state index is 5.14. The molecule has 2 aliphatic rings. The molecule has 128 valence electrons. The van der Waals surface area contributed by atoms with E-state index in [0.29, 0.717) is 18.7 Å². The molecule has 2 unspecified atom stereocenters. The van der Waals surface area contributed by atoms with Crippen LogP contribution in [0, 0.1) is 0 Å². The molecule has 0 aliphatic carbocycles. The van der Waals surface area contributed by atoms with E-state index in [1.165, 1.54) is 36.4 Å². The molecule has 24 heavy (non-hydrogen) atoms. The molecule has 3 heterocycles. The first-order chi connectivity index (χ1) is 11.8. The predicted molar refractivity (Wildman–Crippen MR) is 96.2 cm³/mol. The lowest BCUT2D eigenvalue weighted by Crippen LogP contribution is -2.38. The third-order valence-electron chi connectivity index (χ3n) is 5.14. The number of benzene rings is 1.